The molecular weight excluding hydrogens is 401 g/mol. The van der Waals surface area contributed by atoms with Crippen LogP contribution in [0.5, 0.6) is 11.5 Å². The van der Waals surface area contributed by atoms with Crippen molar-refractivity contribution in [3.63, 3.8) is 0 Å². The summed E-state index contributed by atoms with van der Waals surface area (Å²) in [6.07, 6.45) is 0. The van der Waals surface area contributed by atoms with E-state index in [9.17, 15) is 9.18 Å². The van der Waals surface area contributed by atoms with E-state index in [1.165, 1.54) is 12.1 Å². The monoisotopic (exact) mass is 417 g/mol. The zero-order valence-electron chi connectivity index (χ0n) is 16.1. The Labute approximate surface area is 176 Å². The Morgan fingerprint density at radius 1 is 0.935 bits per heavy atom. The molecule has 7 nitrogen and oxygen atoms in total. The molecule has 0 unspecified atom stereocenters. The maximum absolute atomic E-state index is 13.5. The second-order valence-electron chi connectivity index (χ2n) is 6.84. The molecule has 5 rings (SSSR count). The van der Waals surface area contributed by atoms with Crippen molar-refractivity contribution < 1.29 is 23.1 Å². The van der Waals surface area contributed by atoms with E-state index in [0.717, 1.165) is 5.56 Å². The summed E-state index contributed by atoms with van der Waals surface area (Å²) in [5, 5.41) is 11.1. The number of ether oxygens (including phenoxy) is 2. The highest BCUT2D eigenvalue weighted by Gasteiger charge is 2.25. The molecule has 0 bridgehead atoms. The Hall–Kier alpha value is -4.20. The first kappa shape index (κ1) is 18.8. The zero-order chi connectivity index (χ0) is 21.2. The van der Waals surface area contributed by atoms with Crippen LogP contribution in [0.4, 0.5) is 4.39 Å². The van der Waals surface area contributed by atoms with Gasteiger partial charge in [-0.05, 0) is 48.0 Å². The quantitative estimate of drug-likeness (QED) is 0.526. The van der Waals surface area contributed by atoms with E-state index < -0.39 is 6.04 Å². The first-order valence-corrected chi connectivity index (χ1v) is 9.52. The number of hydrogen-bond acceptors (Lipinski definition) is 6. The molecule has 1 N–H and O–H groups in total. The lowest BCUT2D eigenvalue weighted by Gasteiger charge is -2.16. The van der Waals surface area contributed by atoms with Gasteiger partial charge in [0.25, 0.3) is 5.91 Å². The van der Waals surface area contributed by atoms with Crippen LogP contribution >= 0.6 is 0 Å². The van der Waals surface area contributed by atoms with Crippen LogP contribution in [0.15, 0.2) is 77.2 Å². The number of aromatic nitrogens is 2. The predicted octanol–water partition coefficient (Wildman–Crippen LogP) is 4.12. The highest BCUT2D eigenvalue weighted by Crippen LogP contribution is 2.33. The summed E-state index contributed by atoms with van der Waals surface area (Å²) >= 11 is 0. The minimum absolute atomic E-state index is 0.114. The number of hydrogen-bond donors (Lipinski definition) is 1. The molecule has 1 aliphatic rings. The van der Waals surface area contributed by atoms with Gasteiger partial charge in [-0.2, -0.15) is 0 Å². The normalized spacial score (nSPS) is 13.1. The van der Waals surface area contributed by atoms with Gasteiger partial charge in [0.15, 0.2) is 11.5 Å². The molecular formula is C23H16FN3O4. The van der Waals surface area contributed by atoms with Gasteiger partial charge in [-0.1, -0.05) is 30.3 Å². The fraction of sp³-hybridized carbons (Fsp3) is 0.0870. The van der Waals surface area contributed by atoms with Gasteiger partial charge in [0.1, 0.15) is 11.9 Å². The van der Waals surface area contributed by atoms with Gasteiger partial charge in [-0.3, -0.25) is 4.79 Å². The lowest BCUT2D eigenvalue weighted by molar-refractivity contribution is 0.0937. The number of nitrogens with one attached hydrogen (secondary N) is 1. The summed E-state index contributed by atoms with van der Waals surface area (Å²) in [7, 11) is 0. The third-order valence-corrected chi connectivity index (χ3v) is 4.82. The minimum Gasteiger partial charge on any atom is -0.454 e. The standard InChI is InChI=1S/C23H16FN3O4/c24-17-9-6-14(7-10-17)20(23-27-26-22(31-23)15-4-2-1-3-5-15)25-21(28)16-8-11-18-19(12-16)30-13-29-18/h1-12,20H,13H2,(H,25,28)/t20-/m0/s1. The number of amides is 1. The van der Waals surface area contributed by atoms with Crippen molar-refractivity contribution in [1.82, 2.24) is 15.5 Å². The van der Waals surface area contributed by atoms with Crippen LogP contribution in [0.3, 0.4) is 0 Å². The number of nitrogens with zero attached hydrogens (tertiary/aromatic N) is 2. The maximum Gasteiger partial charge on any atom is 0.252 e. The van der Waals surface area contributed by atoms with Gasteiger partial charge in [-0.25, -0.2) is 4.39 Å². The number of benzene rings is 3. The minimum atomic E-state index is -0.775. The van der Waals surface area contributed by atoms with E-state index in [4.69, 9.17) is 13.9 Å². The zero-order valence-corrected chi connectivity index (χ0v) is 16.1. The van der Waals surface area contributed by atoms with Gasteiger partial charge >= 0.3 is 0 Å². The molecule has 0 aliphatic carbocycles. The largest absolute Gasteiger partial charge is 0.454 e. The van der Waals surface area contributed by atoms with Crippen LogP contribution in [0.1, 0.15) is 27.9 Å². The number of carbonyl (C=O) groups excluding carboxylic acids is 1. The number of rotatable bonds is 5. The van der Waals surface area contributed by atoms with Crippen LogP contribution in [-0.2, 0) is 0 Å². The highest BCUT2D eigenvalue weighted by atomic mass is 19.1. The molecule has 31 heavy (non-hydrogen) atoms. The van der Waals surface area contributed by atoms with Gasteiger partial charge in [0.05, 0.1) is 0 Å². The van der Waals surface area contributed by atoms with Crippen LogP contribution in [0, 0.1) is 5.82 Å². The molecule has 1 aliphatic heterocycles. The lowest BCUT2D eigenvalue weighted by atomic mass is 10.1. The summed E-state index contributed by atoms with van der Waals surface area (Å²) in [5.74, 6) is 0.804. The van der Waals surface area contributed by atoms with Crippen molar-refractivity contribution in [2.45, 2.75) is 6.04 Å². The fourth-order valence-electron chi connectivity index (χ4n) is 3.24. The van der Waals surface area contributed by atoms with E-state index >= 15 is 0 Å². The molecule has 1 aromatic heterocycles. The summed E-state index contributed by atoms with van der Waals surface area (Å²) in [4.78, 5) is 13.0. The molecule has 0 radical (unpaired) electrons. The van der Waals surface area contributed by atoms with Crippen molar-refractivity contribution >= 4 is 5.91 Å². The van der Waals surface area contributed by atoms with Crippen LogP contribution < -0.4 is 14.8 Å². The highest BCUT2D eigenvalue weighted by molar-refractivity contribution is 5.95. The molecule has 0 saturated carbocycles. The van der Waals surface area contributed by atoms with E-state index in [1.54, 1.807) is 30.3 Å². The SMILES string of the molecule is O=C(N[C@@H](c1ccc(F)cc1)c1nnc(-c2ccccc2)o1)c1ccc2c(c1)OCO2. The van der Waals surface area contributed by atoms with Crippen LogP contribution in [0.2, 0.25) is 0 Å². The number of carbonyl (C=O) groups is 1. The lowest BCUT2D eigenvalue weighted by Crippen LogP contribution is -2.29. The topological polar surface area (TPSA) is 86.5 Å². The third kappa shape index (κ3) is 3.83. The van der Waals surface area contributed by atoms with Gasteiger partial charge in [-0.15, -0.1) is 10.2 Å². The smallest absolute Gasteiger partial charge is 0.252 e. The third-order valence-electron chi connectivity index (χ3n) is 4.82. The molecule has 2 heterocycles. The molecule has 1 amide bonds. The summed E-state index contributed by atoms with van der Waals surface area (Å²) < 4.78 is 30.0. The second kappa shape index (κ2) is 7.91. The molecule has 0 spiro atoms. The van der Waals surface area contributed by atoms with Crippen LogP contribution in [0.25, 0.3) is 11.5 Å². The van der Waals surface area contributed by atoms with E-state index in [1.807, 2.05) is 30.3 Å². The average Bonchev–Trinajstić information content (AvgIpc) is 3.48. The Kier molecular flexibility index (Phi) is 4.80. The predicted molar refractivity (Wildman–Crippen MR) is 108 cm³/mol. The summed E-state index contributed by atoms with van der Waals surface area (Å²) in [6, 6.07) is 19.2. The summed E-state index contributed by atoms with van der Waals surface area (Å²) in [6.45, 7) is 0.114. The van der Waals surface area contributed by atoms with Crippen molar-refractivity contribution in [1.29, 1.82) is 0 Å². The molecule has 1 atom stereocenters. The maximum atomic E-state index is 13.5. The number of fused-ring (bicyclic) bond motifs is 1. The molecule has 154 valence electrons. The van der Waals surface area contributed by atoms with Crippen molar-refractivity contribution in [2.75, 3.05) is 6.79 Å². The second-order valence-corrected chi connectivity index (χ2v) is 6.84. The van der Waals surface area contributed by atoms with Gasteiger partial charge in [0, 0.05) is 11.1 Å². The van der Waals surface area contributed by atoms with E-state index in [0.29, 0.717) is 28.5 Å². The Balaban J connectivity index is 1.47. The summed E-state index contributed by atoms with van der Waals surface area (Å²) in [5.41, 5.74) is 1.72. The van der Waals surface area contributed by atoms with E-state index in [2.05, 4.69) is 15.5 Å². The molecule has 0 fully saturated rings. The molecule has 0 saturated heterocycles. The van der Waals surface area contributed by atoms with Crippen molar-refractivity contribution in [3.8, 4) is 23.0 Å². The van der Waals surface area contributed by atoms with Crippen molar-refractivity contribution in [3.05, 3.63) is 95.6 Å². The van der Waals surface area contributed by atoms with Crippen LogP contribution in [-0.4, -0.2) is 22.9 Å². The van der Waals surface area contributed by atoms with Gasteiger partial charge < -0.3 is 19.2 Å². The van der Waals surface area contributed by atoms with Gasteiger partial charge in [0.2, 0.25) is 18.6 Å². The van der Waals surface area contributed by atoms with Crippen molar-refractivity contribution in [2.24, 2.45) is 0 Å². The first-order chi connectivity index (χ1) is 15.2. The Morgan fingerprint density at radius 2 is 1.71 bits per heavy atom. The van der Waals surface area contributed by atoms with E-state index in [-0.39, 0.29) is 24.4 Å². The molecule has 4 aromatic rings. The fourth-order valence-corrected chi connectivity index (χ4v) is 3.24. The number of halogens is 1. The molecule has 3 aromatic carbocycles. The Morgan fingerprint density at radius 3 is 2.52 bits per heavy atom. The first-order valence-electron chi connectivity index (χ1n) is 9.52. The Bertz CT molecular complexity index is 1230. The average molecular weight is 417 g/mol. The molecule has 8 heteroatoms.